The SMILES string of the molecule is CC(=O)Oc1nc(F)c(Cl)c(N)c1Cl. The highest BCUT2D eigenvalue weighted by atomic mass is 35.5. The molecule has 76 valence electrons. The first-order valence-electron chi connectivity index (χ1n) is 3.42. The van der Waals surface area contributed by atoms with Crippen molar-refractivity contribution in [2.24, 2.45) is 0 Å². The molecule has 4 nitrogen and oxygen atoms in total. The highest BCUT2D eigenvalue weighted by Crippen LogP contribution is 2.35. The highest BCUT2D eigenvalue weighted by molar-refractivity contribution is 6.39. The van der Waals surface area contributed by atoms with Crippen LogP contribution in [-0.4, -0.2) is 11.0 Å². The van der Waals surface area contributed by atoms with Gasteiger partial charge in [-0.2, -0.15) is 9.37 Å². The third kappa shape index (κ3) is 2.05. The van der Waals surface area contributed by atoms with Crippen LogP contribution in [0, 0.1) is 5.95 Å². The van der Waals surface area contributed by atoms with Gasteiger partial charge in [0.05, 0.1) is 5.69 Å². The van der Waals surface area contributed by atoms with Gasteiger partial charge < -0.3 is 10.5 Å². The van der Waals surface area contributed by atoms with Crippen LogP contribution in [0.1, 0.15) is 6.92 Å². The van der Waals surface area contributed by atoms with E-state index >= 15 is 0 Å². The minimum Gasteiger partial charge on any atom is -0.406 e. The second-order valence-electron chi connectivity index (χ2n) is 2.34. The Bertz CT molecular complexity index is 398. The Labute approximate surface area is 88.8 Å². The maximum Gasteiger partial charge on any atom is 0.309 e. The molecule has 0 amide bonds. The van der Waals surface area contributed by atoms with Gasteiger partial charge in [-0.15, -0.1) is 0 Å². The molecule has 0 spiro atoms. The molecule has 0 aromatic carbocycles. The summed E-state index contributed by atoms with van der Waals surface area (Å²) in [5, 5.41) is -0.586. The first-order chi connectivity index (χ1) is 6.43. The fraction of sp³-hybridized carbons (Fsp3) is 0.143. The summed E-state index contributed by atoms with van der Waals surface area (Å²) in [4.78, 5) is 13.8. The van der Waals surface area contributed by atoms with Crippen molar-refractivity contribution in [1.82, 2.24) is 4.98 Å². The summed E-state index contributed by atoms with van der Waals surface area (Å²) in [6.45, 7) is 1.13. The van der Waals surface area contributed by atoms with E-state index in [2.05, 4.69) is 9.72 Å². The molecule has 0 aliphatic heterocycles. The molecule has 0 unspecified atom stereocenters. The monoisotopic (exact) mass is 238 g/mol. The summed E-state index contributed by atoms with van der Waals surface area (Å²) in [7, 11) is 0. The van der Waals surface area contributed by atoms with E-state index in [9.17, 15) is 9.18 Å². The summed E-state index contributed by atoms with van der Waals surface area (Å²) < 4.78 is 17.4. The van der Waals surface area contributed by atoms with Gasteiger partial charge in [-0.3, -0.25) is 4.79 Å². The minimum absolute atomic E-state index is 0.188. The van der Waals surface area contributed by atoms with Crippen LogP contribution in [0.3, 0.4) is 0 Å². The molecular formula is C7H5Cl2FN2O2. The van der Waals surface area contributed by atoms with Gasteiger partial charge >= 0.3 is 5.97 Å². The Morgan fingerprint density at radius 1 is 1.50 bits per heavy atom. The minimum atomic E-state index is -1.04. The van der Waals surface area contributed by atoms with Gasteiger partial charge in [0.2, 0.25) is 11.8 Å². The number of rotatable bonds is 1. The van der Waals surface area contributed by atoms with E-state index in [1.807, 2.05) is 0 Å². The molecule has 0 fully saturated rings. The van der Waals surface area contributed by atoms with Crippen LogP contribution in [0.2, 0.25) is 10.0 Å². The molecule has 0 radical (unpaired) electrons. The first-order valence-corrected chi connectivity index (χ1v) is 4.17. The fourth-order valence-corrected chi connectivity index (χ4v) is 1.07. The lowest BCUT2D eigenvalue weighted by molar-refractivity contribution is -0.132. The van der Waals surface area contributed by atoms with Gasteiger partial charge in [-0.05, 0) is 0 Å². The van der Waals surface area contributed by atoms with E-state index in [1.165, 1.54) is 0 Å². The molecule has 1 aromatic rings. The third-order valence-corrected chi connectivity index (χ3v) is 2.01. The van der Waals surface area contributed by atoms with Crippen LogP contribution in [0.4, 0.5) is 10.1 Å². The predicted molar refractivity (Wildman–Crippen MR) is 49.9 cm³/mol. The molecule has 0 atom stereocenters. The summed E-state index contributed by atoms with van der Waals surface area (Å²) in [5.74, 6) is -2.11. The van der Waals surface area contributed by atoms with Crippen molar-refractivity contribution in [3.63, 3.8) is 0 Å². The number of hydrogen-bond acceptors (Lipinski definition) is 4. The van der Waals surface area contributed by atoms with Crippen LogP contribution in [0.25, 0.3) is 0 Å². The molecule has 0 bridgehead atoms. The van der Waals surface area contributed by atoms with Crippen LogP contribution in [0.15, 0.2) is 0 Å². The molecule has 7 heteroatoms. The molecule has 2 N–H and O–H groups in total. The van der Waals surface area contributed by atoms with Gasteiger partial charge in [-0.25, -0.2) is 0 Å². The Morgan fingerprint density at radius 3 is 2.57 bits per heavy atom. The lowest BCUT2D eigenvalue weighted by atomic mass is 10.4. The Hall–Kier alpha value is -1.07. The van der Waals surface area contributed by atoms with E-state index in [0.29, 0.717) is 0 Å². The molecule has 0 aliphatic rings. The first kappa shape index (κ1) is 11.0. The number of carbonyl (C=O) groups is 1. The predicted octanol–water partition coefficient (Wildman–Crippen LogP) is 2.04. The number of anilines is 1. The number of hydrogen-bond donors (Lipinski definition) is 1. The van der Waals surface area contributed by atoms with Gasteiger partial charge in [-0.1, -0.05) is 23.2 Å². The van der Waals surface area contributed by atoms with Crippen LogP contribution in [-0.2, 0) is 4.79 Å². The van der Waals surface area contributed by atoms with E-state index in [0.717, 1.165) is 6.92 Å². The molecule has 1 rings (SSSR count). The van der Waals surface area contributed by atoms with E-state index in [-0.39, 0.29) is 10.7 Å². The van der Waals surface area contributed by atoms with Crippen molar-refractivity contribution in [3.05, 3.63) is 16.0 Å². The molecule has 0 saturated carbocycles. The highest BCUT2D eigenvalue weighted by Gasteiger charge is 2.17. The normalized spacial score (nSPS) is 10.0. The molecule has 0 saturated heterocycles. The number of ether oxygens (including phenoxy) is 1. The van der Waals surface area contributed by atoms with Crippen LogP contribution < -0.4 is 10.5 Å². The fourth-order valence-electron chi connectivity index (χ4n) is 0.714. The lowest BCUT2D eigenvalue weighted by Gasteiger charge is -2.06. The molecule has 14 heavy (non-hydrogen) atoms. The third-order valence-electron chi connectivity index (χ3n) is 1.28. The number of pyridine rings is 1. The molecular weight excluding hydrogens is 234 g/mol. The van der Waals surface area contributed by atoms with Crippen molar-refractivity contribution < 1.29 is 13.9 Å². The van der Waals surface area contributed by atoms with Gasteiger partial charge in [0.1, 0.15) is 10.0 Å². The number of nitrogens with two attached hydrogens (primary N) is 1. The Balaban J connectivity index is 3.25. The standard InChI is InChI=1S/C7H5Cl2FN2O2/c1-2(13)14-7-4(9)5(11)3(8)6(10)12-7/h1H3,(H2,11,12). The van der Waals surface area contributed by atoms with Crippen molar-refractivity contribution in [2.75, 3.05) is 5.73 Å². The quantitative estimate of drug-likeness (QED) is 0.601. The molecule has 0 aliphatic carbocycles. The molecule has 1 heterocycles. The lowest BCUT2D eigenvalue weighted by Crippen LogP contribution is -2.06. The average Bonchev–Trinajstić information content (AvgIpc) is 2.10. The van der Waals surface area contributed by atoms with Crippen LogP contribution >= 0.6 is 23.2 Å². The second-order valence-corrected chi connectivity index (χ2v) is 3.10. The van der Waals surface area contributed by atoms with Gasteiger partial charge in [0.15, 0.2) is 0 Å². The summed E-state index contributed by atoms with van der Waals surface area (Å²) in [6.07, 6.45) is 0. The van der Waals surface area contributed by atoms with Crippen molar-refractivity contribution >= 4 is 34.9 Å². The molecule has 1 aromatic heterocycles. The maximum atomic E-state index is 12.9. The largest absolute Gasteiger partial charge is 0.406 e. The maximum absolute atomic E-state index is 12.9. The second kappa shape index (κ2) is 3.98. The number of esters is 1. The summed E-state index contributed by atoms with van der Waals surface area (Å²) >= 11 is 11.0. The van der Waals surface area contributed by atoms with E-state index < -0.39 is 22.8 Å². The van der Waals surface area contributed by atoms with Gasteiger partial charge in [0, 0.05) is 6.92 Å². The van der Waals surface area contributed by atoms with Crippen LogP contribution in [0.5, 0.6) is 5.88 Å². The summed E-state index contributed by atoms with van der Waals surface area (Å²) in [5.41, 5.74) is 5.11. The van der Waals surface area contributed by atoms with Crippen molar-refractivity contribution in [3.8, 4) is 5.88 Å². The topological polar surface area (TPSA) is 65.2 Å². The number of halogens is 3. The zero-order valence-electron chi connectivity index (χ0n) is 6.97. The number of nitrogen functional groups attached to an aromatic ring is 1. The van der Waals surface area contributed by atoms with Crippen molar-refractivity contribution in [1.29, 1.82) is 0 Å². The summed E-state index contributed by atoms with van der Waals surface area (Å²) in [6, 6.07) is 0. The Morgan fingerprint density at radius 2 is 2.07 bits per heavy atom. The zero-order valence-corrected chi connectivity index (χ0v) is 8.49. The van der Waals surface area contributed by atoms with Gasteiger partial charge in [0.25, 0.3) is 0 Å². The smallest absolute Gasteiger partial charge is 0.309 e. The Kier molecular flexibility index (Phi) is 3.13. The van der Waals surface area contributed by atoms with E-state index in [4.69, 9.17) is 28.9 Å². The van der Waals surface area contributed by atoms with E-state index in [1.54, 1.807) is 0 Å². The number of nitrogens with zero attached hydrogens (tertiary/aromatic N) is 1. The zero-order chi connectivity index (χ0) is 10.9. The average molecular weight is 239 g/mol. The van der Waals surface area contributed by atoms with Crippen molar-refractivity contribution in [2.45, 2.75) is 6.92 Å². The number of aromatic nitrogens is 1. The number of carbonyl (C=O) groups excluding carboxylic acids is 1.